The minimum absolute atomic E-state index is 0.232. The third-order valence-electron chi connectivity index (χ3n) is 3.46. The molecule has 1 aromatic rings. The zero-order valence-electron chi connectivity index (χ0n) is 10.1. The molecule has 4 heteroatoms. The Balaban J connectivity index is 2.19. The molecule has 94 valence electrons. The summed E-state index contributed by atoms with van der Waals surface area (Å²) >= 11 is 3.50. The second-order valence-electron chi connectivity index (χ2n) is 4.80. The summed E-state index contributed by atoms with van der Waals surface area (Å²) in [5.74, 6) is 0.396. The number of nitrogens with two attached hydrogens (primary N) is 1. The monoisotopic (exact) mass is 298 g/mol. The Hall–Kier alpha value is -0.580. The van der Waals surface area contributed by atoms with E-state index < -0.39 is 0 Å². The molecule has 1 aliphatic heterocycles. The van der Waals surface area contributed by atoms with Gasteiger partial charge in [0.2, 0.25) is 0 Å². The second kappa shape index (κ2) is 5.38. The molecule has 0 aromatic heterocycles. The Morgan fingerprint density at radius 3 is 2.88 bits per heavy atom. The summed E-state index contributed by atoms with van der Waals surface area (Å²) in [4.78, 5) is 2.23. The van der Waals surface area contributed by atoms with Gasteiger partial charge in [0.15, 0.2) is 0 Å². The molecule has 17 heavy (non-hydrogen) atoms. The van der Waals surface area contributed by atoms with E-state index in [2.05, 4.69) is 39.9 Å². The summed E-state index contributed by atoms with van der Waals surface area (Å²) in [6, 6.07) is 6.22. The molecule has 1 aromatic carbocycles. The number of hydrogen-bond donors (Lipinski definition) is 2. The molecule has 1 heterocycles. The van der Waals surface area contributed by atoms with Crippen LogP contribution in [0.3, 0.4) is 0 Å². The van der Waals surface area contributed by atoms with Crippen LogP contribution in [0.2, 0.25) is 0 Å². The summed E-state index contributed by atoms with van der Waals surface area (Å²) < 4.78 is 1.04. The highest BCUT2D eigenvalue weighted by atomic mass is 79.9. The van der Waals surface area contributed by atoms with Crippen molar-refractivity contribution in [3.05, 3.63) is 28.2 Å². The van der Waals surface area contributed by atoms with Crippen molar-refractivity contribution in [3.8, 4) is 0 Å². The second-order valence-corrected chi connectivity index (χ2v) is 5.72. The van der Waals surface area contributed by atoms with Gasteiger partial charge in [-0.25, -0.2) is 0 Å². The minimum atomic E-state index is -0.232. The van der Waals surface area contributed by atoms with Crippen LogP contribution in [0, 0.1) is 5.92 Å². The van der Waals surface area contributed by atoms with Crippen LogP contribution in [0.25, 0.3) is 0 Å². The zero-order valence-corrected chi connectivity index (χ0v) is 11.7. The standard InChI is InChI=1S/C13H19BrN2O/c1-9-2-3-16(8-13(9)17)12-5-10(7-15)4-11(14)6-12/h4-6,9,13,17H,2-3,7-8,15H2,1H3. The molecule has 0 saturated carbocycles. The molecule has 2 atom stereocenters. The summed E-state index contributed by atoms with van der Waals surface area (Å²) in [5, 5.41) is 9.93. The van der Waals surface area contributed by atoms with Crippen LogP contribution >= 0.6 is 15.9 Å². The fourth-order valence-corrected chi connectivity index (χ4v) is 2.75. The van der Waals surface area contributed by atoms with Crippen LogP contribution < -0.4 is 10.6 Å². The predicted molar refractivity (Wildman–Crippen MR) is 74.0 cm³/mol. The Morgan fingerprint density at radius 2 is 2.24 bits per heavy atom. The Morgan fingerprint density at radius 1 is 1.47 bits per heavy atom. The van der Waals surface area contributed by atoms with Crippen LogP contribution in [0.15, 0.2) is 22.7 Å². The molecule has 0 radical (unpaired) electrons. The van der Waals surface area contributed by atoms with Crippen molar-refractivity contribution in [3.63, 3.8) is 0 Å². The van der Waals surface area contributed by atoms with Gasteiger partial charge in [-0.1, -0.05) is 22.9 Å². The van der Waals surface area contributed by atoms with Gasteiger partial charge in [-0.2, -0.15) is 0 Å². The number of hydrogen-bond acceptors (Lipinski definition) is 3. The maximum Gasteiger partial charge on any atom is 0.0741 e. The highest BCUT2D eigenvalue weighted by Crippen LogP contribution is 2.27. The van der Waals surface area contributed by atoms with Crippen LogP contribution in [0.1, 0.15) is 18.9 Å². The zero-order chi connectivity index (χ0) is 12.4. The van der Waals surface area contributed by atoms with Gasteiger partial charge in [0, 0.05) is 29.8 Å². The average molecular weight is 299 g/mol. The molecule has 3 N–H and O–H groups in total. The lowest BCUT2D eigenvalue weighted by atomic mass is 9.95. The first kappa shape index (κ1) is 12.9. The van der Waals surface area contributed by atoms with Crippen LogP contribution in [-0.2, 0) is 6.54 Å². The van der Waals surface area contributed by atoms with E-state index >= 15 is 0 Å². The third kappa shape index (κ3) is 3.00. The van der Waals surface area contributed by atoms with E-state index in [-0.39, 0.29) is 6.10 Å². The number of aliphatic hydroxyl groups is 1. The van der Waals surface area contributed by atoms with Crippen molar-refractivity contribution in [1.29, 1.82) is 0 Å². The van der Waals surface area contributed by atoms with Crippen molar-refractivity contribution < 1.29 is 5.11 Å². The number of β-amino-alcohol motifs (C(OH)–C–C–N with tert-alkyl or cyclic N) is 1. The Labute approximate surface area is 111 Å². The molecule has 3 nitrogen and oxygen atoms in total. The quantitative estimate of drug-likeness (QED) is 0.879. The van der Waals surface area contributed by atoms with Gasteiger partial charge < -0.3 is 15.7 Å². The summed E-state index contributed by atoms with van der Waals surface area (Å²) in [6.45, 7) is 4.35. The normalized spacial score (nSPS) is 25.1. The first-order valence-corrected chi connectivity index (χ1v) is 6.82. The molecule has 0 aliphatic carbocycles. The molecule has 2 unspecified atom stereocenters. The van der Waals surface area contributed by atoms with E-state index in [0.29, 0.717) is 19.0 Å². The molecule has 1 saturated heterocycles. The van der Waals surface area contributed by atoms with Gasteiger partial charge in [-0.05, 0) is 36.1 Å². The molecule has 1 fully saturated rings. The summed E-state index contributed by atoms with van der Waals surface area (Å²) in [7, 11) is 0. The van der Waals surface area contributed by atoms with E-state index in [1.807, 2.05) is 6.07 Å². The fraction of sp³-hybridized carbons (Fsp3) is 0.538. The van der Waals surface area contributed by atoms with Gasteiger partial charge in [0.25, 0.3) is 0 Å². The van der Waals surface area contributed by atoms with Crippen molar-refractivity contribution in [2.75, 3.05) is 18.0 Å². The van der Waals surface area contributed by atoms with Gasteiger partial charge in [0.05, 0.1) is 6.10 Å². The lowest BCUT2D eigenvalue weighted by Crippen LogP contribution is -2.42. The number of piperidine rings is 1. The molecule has 0 bridgehead atoms. The lowest BCUT2D eigenvalue weighted by molar-refractivity contribution is 0.103. The average Bonchev–Trinajstić information content (AvgIpc) is 2.32. The summed E-state index contributed by atoms with van der Waals surface area (Å²) in [6.07, 6.45) is 0.801. The number of anilines is 1. The number of nitrogens with zero attached hydrogens (tertiary/aromatic N) is 1. The summed E-state index contributed by atoms with van der Waals surface area (Å²) in [5.41, 5.74) is 7.94. The highest BCUT2D eigenvalue weighted by Gasteiger charge is 2.24. The molecule has 1 aliphatic rings. The van der Waals surface area contributed by atoms with E-state index in [9.17, 15) is 5.11 Å². The van der Waals surface area contributed by atoms with E-state index in [1.165, 1.54) is 0 Å². The number of halogens is 1. The van der Waals surface area contributed by atoms with Gasteiger partial charge >= 0.3 is 0 Å². The van der Waals surface area contributed by atoms with Gasteiger partial charge in [-0.3, -0.25) is 0 Å². The van der Waals surface area contributed by atoms with E-state index in [0.717, 1.165) is 28.7 Å². The van der Waals surface area contributed by atoms with Crippen LogP contribution in [0.4, 0.5) is 5.69 Å². The maximum atomic E-state index is 9.93. The van der Waals surface area contributed by atoms with Crippen molar-refractivity contribution in [1.82, 2.24) is 0 Å². The van der Waals surface area contributed by atoms with Crippen molar-refractivity contribution in [2.24, 2.45) is 11.7 Å². The number of benzene rings is 1. The Bertz CT molecular complexity index is 397. The SMILES string of the molecule is CC1CCN(c2cc(Br)cc(CN)c2)CC1O. The smallest absolute Gasteiger partial charge is 0.0741 e. The molecule has 2 rings (SSSR count). The van der Waals surface area contributed by atoms with E-state index in [4.69, 9.17) is 5.73 Å². The van der Waals surface area contributed by atoms with Crippen molar-refractivity contribution >= 4 is 21.6 Å². The van der Waals surface area contributed by atoms with Crippen molar-refractivity contribution in [2.45, 2.75) is 26.0 Å². The third-order valence-corrected chi connectivity index (χ3v) is 3.92. The predicted octanol–water partition coefficient (Wildman–Crippen LogP) is 2.11. The maximum absolute atomic E-state index is 9.93. The molecular weight excluding hydrogens is 280 g/mol. The number of rotatable bonds is 2. The molecular formula is C13H19BrN2O. The fourth-order valence-electron chi connectivity index (χ4n) is 2.22. The van der Waals surface area contributed by atoms with Crippen LogP contribution in [0.5, 0.6) is 0 Å². The van der Waals surface area contributed by atoms with Crippen LogP contribution in [-0.4, -0.2) is 24.3 Å². The van der Waals surface area contributed by atoms with E-state index in [1.54, 1.807) is 0 Å². The largest absolute Gasteiger partial charge is 0.391 e. The first-order valence-electron chi connectivity index (χ1n) is 6.02. The molecule has 0 spiro atoms. The number of aliphatic hydroxyl groups excluding tert-OH is 1. The van der Waals surface area contributed by atoms with Gasteiger partial charge in [-0.15, -0.1) is 0 Å². The topological polar surface area (TPSA) is 49.5 Å². The lowest BCUT2D eigenvalue weighted by Gasteiger charge is -2.36. The molecule has 0 amide bonds. The highest BCUT2D eigenvalue weighted by molar-refractivity contribution is 9.10. The minimum Gasteiger partial charge on any atom is -0.391 e. The Kier molecular flexibility index (Phi) is 4.07. The first-order chi connectivity index (χ1) is 8.10. The van der Waals surface area contributed by atoms with Gasteiger partial charge in [0.1, 0.15) is 0 Å².